The maximum Gasteiger partial charge on any atom is 0.0639 e. The Labute approximate surface area is 136 Å². The van der Waals surface area contributed by atoms with Gasteiger partial charge in [0.15, 0.2) is 0 Å². The van der Waals surface area contributed by atoms with E-state index in [1.807, 2.05) is 6.08 Å². The predicted octanol–water partition coefficient (Wildman–Crippen LogP) is 6.27. The van der Waals surface area contributed by atoms with Crippen LogP contribution in [-0.4, -0.2) is 4.57 Å². The van der Waals surface area contributed by atoms with Crippen LogP contribution in [0.25, 0.3) is 21.8 Å². The topological polar surface area (TPSA) is 4.93 Å². The maximum atomic E-state index is 3.86. The van der Waals surface area contributed by atoms with Crippen LogP contribution in [0.2, 0.25) is 0 Å². The molecule has 0 aliphatic heterocycles. The van der Waals surface area contributed by atoms with Crippen molar-refractivity contribution in [3.05, 3.63) is 56.4 Å². The Kier molecular flexibility index (Phi) is 3.58. The number of hydrogen-bond acceptors (Lipinski definition) is 0. The summed E-state index contributed by atoms with van der Waals surface area (Å²) in [5, 5.41) is 2.48. The van der Waals surface area contributed by atoms with Gasteiger partial charge in [0.2, 0.25) is 0 Å². The maximum absolute atomic E-state index is 3.86. The van der Waals surface area contributed by atoms with Crippen molar-refractivity contribution in [2.75, 3.05) is 0 Å². The summed E-state index contributed by atoms with van der Waals surface area (Å²) in [7, 11) is 0. The van der Waals surface area contributed by atoms with E-state index in [-0.39, 0.29) is 0 Å². The van der Waals surface area contributed by atoms with Crippen molar-refractivity contribution in [2.24, 2.45) is 0 Å². The van der Waals surface area contributed by atoms with Crippen molar-refractivity contribution in [1.82, 2.24) is 4.57 Å². The highest BCUT2D eigenvalue weighted by Crippen LogP contribution is 2.37. The molecular formula is C15H10Br3N. The second-order valence-electron chi connectivity index (χ2n) is 4.34. The molecule has 19 heavy (non-hydrogen) atoms. The lowest BCUT2D eigenvalue weighted by Crippen LogP contribution is -1.94. The molecule has 4 heteroatoms. The van der Waals surface area contributed by atoms with E-state index in [4.69, 9.17) is 0 Å². The first kappa shape index (κ1) is 13.4. The first-order chi connectivity index (χ1) is 9.11. The monoisotopic (exact) mass is 441 g/mol. The number of fused-ring (bicyclic) bond motifs is 3. The lowest BCUT2D eigenvalue weighted by Gasteiger charge is -2.05. The number of halogens is 3. The fourth-order valence-corrected chi connectivity index (χ4v) is 4.24. The summed E-state index contributed by atoms with van der Waals surface area (Å²) < 4.78 is 5.53. The quantitative estimate of drug-likeness (QED) is 0.411. The Bertz CT molecular complexity index is 802. The van der Waals surface area contributed by atoms with Gasteiger partial charge < -0.3 is 4.57 Å². The highest BCUT2D eigenvalue weighted by Gasteiger charge is 2.13. The summed E-state index contributed by atoms with van der Waals surface area (Å²) in [6.07, 6.45) is 1.93. The van der Waals surface area contributed by atoms with E-state index in [0.717, 1.165) is 20.0 Å². The number of allylic oxidation sites excluding steroid dienone is 1. The number of aromatic nitrogens is 1. The third-order valence-corrected chi connectivity index (χ3v) is 4.70. The van der Waals surface area contributed by atoms with Crippen molar-refractivity contribution in [2.45, 2.75) is 6.54 Å². The van der Waals surface area contributed by atoms with Crippen LogP contribution in [0.15, 0.2) is 56.4 Å². The zero-order chi connectivity index (χ0) is 13.6. The van der Waals surface area contributed by atoms with Gasteiger partial charge in [-0.1, -0.05) is 37.9 Å². The Morgan fingerprint density at radius 1 is 1.00 bits per heavy atom. The lowest BCUT2D eigenvalue weighted by atomic mass is 10.2. The summed E-state index contributed by atoms with van der Waals surface area (Å²) >= 11 is 10.8. The molecule has 0 saturated heterocycles. The second kappa shape index (κ2) is 5.08. The Morgan fingerprint density at radius 2 is 1.74 bits per heavy atom. The van der Waals surface area contributed by atoms with E-state index in [1.165, 1.54) is 21.8 Å². The van der Waals surface area contributed by atoms with Crippen LogP contribution in [0.3, 0.4) is 0 Å². The average Bonchev–Trinajstić information content (AvgIpc) is 2.64. The van der Waals surface area contributed by atoms with Gasteiger partial charge in [-0.05, 0) is 46.3 Å². The largest absolute Gasteiger partial charge is 0.336 e. The molecule has 0 N–H and O–H groups in total. The van der Waals surface area contributed by atoms with Gasteiger partial charge in [0.05, 0.1) is 5.52 Å². The summed E-state index contributed by atoms with van der Waals surface area (Å²) in [4.78, 5) is 0. The molecule has 1 heterocycles. The van der Waals surface area contributed by atoms with E-state index in [1.54, 1.807) is 0 Å². The highest BCUT2D eigenvalue weighted by atomic mass is 79.9. The molecule has 0 radical (unpaired) electrons. The third-order valence-electron chi connectivity index (χ3n) is 3.15. The number of benzene rings is 2. The van der Waals surface area contributed by atoms with Gasteiger partial charge in [-0.2, -0.15) is 0 Å². The summed E-state index contributed by atoms with van der Waals surface area (Å²) in [5.41, 5.74) is 2.42. The molecule has 0 amide bonds. The molecule has 0 atom stereocenters. The van der Waals surface area contributed by atoms with Gasteiger partial charge in [0.1, 0.15) is 0 Å². The molecule has 3 rings (SSSR count). The molecule has 96 valence electrons. The van der Waals surface area contributed by atoms with Gasteiger partial charge in [-0.15, -0.1) is 6.58 Å². The van der Waals surface area contributed by atoms with Crippen LogP contribution in [0.4, 0.5) is 0 Å². The molecular weight excluding hydrogens is 434 g/mol. The first-order valence-electron chi connectivity index (χ1n) is 5.79. The van der Waals surface area contributed by atoms with Gasteiger partial charge in [-0.25, -0.2) is 0 Å². The molecule has 0 spiro atoms. The van der Waals surface area contributed by atoms with Crippen LogP contribution in [0.5, 0.6) is 0 Å². The van der Waals surface area contributed by atoms with E-state index in [9.17, 15) is 0 Å². The minimum absolute atomic E-state index is 0.794. The van der Waals surface area contributed by atoms with Crippen molar-refractivity contribution < 1.29 is 0 Å². The molecule has 0 aliphatic carbocycles. The SMILES string of the molecule is C=CCn1c2ccc(Br)cc2c2cc(Br)cc(Br)c21. The van der Waals surface area contributed by atoms with Gasteiger partial charge >= 0.3 is 0 Å². The van der Waals surface area contributed by atoms with Crippen LogP contribution in [0, 0.1) is 0 Å². The van der Waals surface area contributed by atoms with E-state index < -0.39 is 0 Å². The smallest absolute Gasteiger partial charge is 0.0639 e. The third kappa shape index (κ3) is 2.20. The molecule has 0 aliphatic rings. The molecule has 1 aromatic heterocycles. The molecule has 0 bridgehead atoms. The summed E-state index contributed by atoms with van der Waals surface area (Å²) in [6.45, 7) is 4.65. The van der Waals surface area contributed by atoms with E-state index >= 15 is 0 Å². The Hall–Kier alpha value is -0.580. The van der Waals surface area contributed by atoms with Crippen LogP contribution in [0.1, 0.15) is 0 Å². The minimum Gasteiger partial charge on any atom is -0.336 e. The number of nitrogens with zero attached hydrogens (tertiary/aromatic N) is 1. The molecule has 0 fully saturated rings. The minimum atomic E-state index is 0.794. The zero-order valence-electron chi connectivity index (χ0n) is 9.96. The number of rotatable bonds is 2. The van der Waals surface area contributed by atoms with Crippen molar-refractivity contribution in [3.8, 4) is 0 Å². The number of hydrogen-bond donors (Lipinski definition) is 0. The molecule has 1 nitrogen and oxygen atoms in total. The summed E-state index contributed by atoms with van der Waals surface area (Å²) in [5.74, 6) is 0. The zero-order valence-corrected chi connectivity index (χ0v) is 14.7. The summed E-state index contributed by atoms with van der Waals surface area (Å²) in [6, 6.07) is 10.6. The fraction of sp³-hybridized carbons (Fsp3) is 0.0667. The van der Waals surface area contributed by atoms with Gasteiger partial charge in [0.25, 0.3) is 0 Å². The molecule has 0 saturated carbocycles. The first-order valence-corrected chi connectivity index (χ1v) is 8.17. The predicted molar refractivity (Wildman–Crippen MR) is 92.7 cm³/mol. The second-order valence-corrected chi connectivity index (χ2v) is 7.03. The van der Waals surface area contributed by atoms with Gasteiger partial charge in [0, 0.05) is 36.3 Å². The molecule has 0 unspecified atom stereocenters. The standard InChI is InChI=1S/C15H10Br3N/c1-2-5-19-14-4-3-9(16)6-11(14)12-7-10(17)8-13(18)15(12)19/h2-4,6-8H,1,5H2. The highest BCUT2D eigenvalue weighted by molar-refractivity contribution is 9.11. The van der Waals surface area contributed by atoms with Crippen LogP contribution < -0.4 is 0 Å². The van der Waals surface area contributed by atoms with Crippen LogP contribution >= 0.6 is 47.8 Å². The lowest BCUT2D eigenvalue weighted by molar-refractivity contribution is 0.899. The molecule has 2 aromatic carbocycles. The van der Waals surface area contributed by atoms with Gasteiger partial charge in [-0.3, -0.25) is 0 Å². The van der Waals surface area contributed by atoms with Crippen LogP contribution in [-0.2, 0) is 6.54 Å². The van der Waals surface area contributed by atoms with E-state index in [2.05, 4.69) is 89.3 Å². The van der Waals surface area contributed by atoms with Crippen molar-refractivity contribution in [3.63, 3.8) is 0 Å². The average molecular weight is 444 g/mol. The van der Waals surface area contributed by atoms with Crippen molar-refractivity contribution >= 4 is 69.6 Å². The Morgan fingerprint density at radius 3 is 2.47 bits per heavy atom. The fourth-order valence-electron chi connectivity index (χ4n) is 2.44. The normalized spacial score (nSPS) is 11.3. The van der Waals surface area contributed by atoms with E-state index in [0.29, 0.717) is 0 Å². The van der Waals surface area contributed by atoms with Crippen molar-refractivity contribution in [1.29, 1.82) is 0 Å². The Balaban J connectivity index is 2.57. The molecule has 3 aromatic rings.